The van der Waals surface area contributed by atoms with Crippen molar-refractivity contribution in [1.29, 1.82) is 0 Å². The predicted octanol–water partition coefficient (Wildman–Crippen LogP) is 4.53. The molecule has 0 amide bonds. The number of benzene rings is 3. The van der Waals surface area contributed by atoms with E-state index in [1.807, 2.05) is 0 Å². The van der Waals surface area contributed by atoms with Crippen molar-refractivity contribution >= 4 is 7.32 Å². The third-order valence-electron chi connectivity index (χ3n) is 5.05. The van der Waals surface area contributed by atoms with Crippen molar-refractivity contribution < 1.29 is 27.9 Å². The summed E-state index contributed by atoms with van der Waals surface area (Å²) in [5.41, 5.74) is 0.375. The van der Waals surface area contributed by atoms with E-state index < -0.39 is 36.3 Å². The van der Waals surface area contributed by atoms with Gasteiger partial charge in [0.2, 0.25) is 0 Å². The Morgan fingerprint density at radius 3 is 1.48 bits per heavy atom. The van der Waals surface area contributed by atoms with Crippen molar-refractivity contribution in [3.05, 3.63) is 107 Å². The SMILES string of the molecule is CCC(OB(O)O)(c1ccc(F)cc1)C(c1ccc(F)cc1)c1ccc(F)cc1. The zero-order valence-corrected chi connectivity index (χ0v) is 15.7. The van der Waals surface area contributed by atoms with E-state index in [0.29, 0.717) is 16.7 Å². The molecule has 0 aromatic heterocycles. The number of halogens is 3. The van der Waals surface area contributed by atoms with Crippen LogP contribution in [0.1, 0.15) is 36.0 Å². The molecule has 0 aliphatic heterocycles. The molecule has 1 atom stereocenters. The minimum absolute atomic E-state index is 0.260. The fourth-order valence-corrected chi connectivity index (χ4v) is 3.76. The highest BCUT2D eigenvalue weighted by atomic mass is 19.1. The van der Waals surface area contributed by atoms with Crippen LogP contribution in [0.15, 0.2) is 72.8 Å². The first kappa shape index (κ1) is 21.1. The second-order valence-corrected chi connectivity index (χ2v) is 6.73. The number of hydrogen-bond acceptors (Lipinski definition) is 3. The Labute approximate surface area is 167 Å². The van der Waals surface area contributed by atoms with Crippen molar-refractivity contribution in [3.63, 3.8) is 0 Å². The van der Waals surface area contributed by atoms with Crippen LogP contribution >= 0.6 is 0 Å². The van der Waals surface area contributed by atoms with Gasteiger partial charge in [0.05, 0.1) is 5.60 Å². The highest BCUT2D eigenvalue weighted by molar-refractivity contribution is 6.32. The Bertz CT molecular complexity index is 886. The summed E-state index contributed by atoms with van der Waals surface area (Å²) >= 11 is 0. The molecule has 0 fully saturated rings. The number of hydrogen-bond donors (Lipinski definition) is 2. The third-order valence-corrected chi connectivity index (χ3v) is 5.05. The van der Waals surface area contributed by atoms with Crippen LogP contribution in [-0.2, 0) is 10.3 Å². The molecule has 3 rings (SSSR count). The molecule has 1 unspecified atom stereocenters. The van der Waals surface area contributed by atoms with E-state index in [0.717, 1.165) is 0 Å². The quantitative estimate of drug-likeness (QED) is 0.574. The third kappa shape index (κ3) is 4.53. The molecule has 3 aromatic carbocycles. The van der Waals surface area contributed by atoms with E-state index in [2.05, 4.69) is 0 Å². The molecule has 0 bridgehead atoms. The molecular formula is C22H20BF3O3. The van der Waals surface area contributed by atoms with E-state index in [1.54, 1.807) is 31.2 Å². The van der Waals surface area contributed by atoms with Gasteiger partial charge in [0, 0.05) is 5.92 Å². The van der Waals surface area contributed by atoms with Gasteiger partial charge in [-0.2, -0.15) is 0 Å². The van der Waals surface area contributed by atoms with Gasteiger partial charge in [-0.05, 0) is 59.5 Å². The first-order valence-corrected chi connectivity index (χ1v) is 9.16. The van der Waals surface area contributed by atoms with E-state index in [-0.39, 0.29) is 6.42 Å². The van der Waals surface area contributed by atoms with Crippen molar-refractivity contribution in [2.24, 2.45) is 0 Å². The van der Waals surface area contributed by atoms with E-state index in [4.69, 9.17) is 4.65 Å². The maximum Gasteiger partial charge on any atom is 0.634 e. The van der Waals surface area contributed by atoms with Crippen molar-refractivity contribution in [3.8, 4) is 0 Å². The molecule has 0 aliphatic carbocycles. The Morgan fingerprint density at radius 2 is 1.14 bits per heavy atom. The van der Waals surface area contributed by atoms with Crippen molar-refractivity contribution in [2.45, 2.75) is 24.9 Å². The predicted molar refractivity (Wildman–Crippen MR) is 104 cm³/mol. The molecule has 0 saturated carbocycles. The van der Waals surface area contributed by atoms with Gasteiger partial charge in [0.1, 0.15) is 17.5 Å². The van der Waals surface area contributed by atoms with Crippen molar-refractivity contribution in [1.82, 2.24) is 0 Å². The van der Waals surface area contributed by atoms with Gasteiger partial charge in [-0.3, -0.25) is 0 Å². The standard InChI is InChI=1S/C22H20BF3O3/c1-2-22(29-23(27)28,17-7-13-20(26)14-8-17)21(15-3-9-18(24)10-4-15)16-5-11-19(25)12-6-16/h3-14,21,27-28H,2H2,1H3. The van der Waals surface area contributed by atoms with Crippen LogP contribution in [0.25, 0.3) is 0 Å². The molecule has 150 valence electrons. The van der Waals surface area contributed by atoms with Gasteiger partial charge in [-0.25, -0.2) is 13.2 Å². The molecule has 0 heterocycles. The normalized spacial score (nSPS) is 13.3. The van der Waals surface area contributed by atoms with Gasteiger partial charge < -0.3 is 14.7 Å². The lowest BCUT2D eigenvalue weighted by Crippen LogP contribution is -2.42. The summed E-state index contributed by atoms with van der Waals surface area (Å²) in [6.45, 7) is 1.78. The Morgan fingerprint density at radius 1 is 0.759 bits per heavy atom. The molecule has 0 aliphatic rings. The minimum atomic E-state index is -2.12. The molecule has 3 aromatic rings. The first-order valence-electron chi connectivity index (χ1n) is 9.16. The summed E-state index contributed by atoms with van der Waals surface area (Å²) in [5, 5.41) is 19.4. The Balaban J connectivity index is 2.27. The maximum atomic E-state index is 13.6. The summed E-state index contributed by atoms with van der Waals surface area (Å²) in [5.74, 6) is -1.98. The number of rotatable bonds is 7. The molecule has 29 heavy (non-hydrogen) atoms. The molecule has 2 N–H and O–H groups in total. The molecular weight excluding hydrogens is 380 g/mol. The lowest BCUT2D eigenvalue weighted by atomic mass is 9.71. The maximum absolute atomic E-state index is 13.6. The highest BCUT2D eigenvalue weighted by Crippen LogP contribution is 2.47. The van der Waals surface area contributed by atoms with Crippen LogP contribution in [-0.4, -0.2) is 17.4 Å². The lowest BCUT2D eigenvalue weighted by molar-refractivity contribution is -0.00261. The highest BCUT2D eigenvalue weighted by Gasteiger charge is 2.44. The fraction of sp³-hybridized carbons (Fsp3) is 0.182. The topological polar surface area (TPSA) is 49.7 Å². The van der Waals surface area contributed by atoms with E-state index in [9.17, 15) is 23.2 Å². The second-order valence-electron chi connectivity index (χ2n) is 6.73. The Kier molecular flexibility index (Phi) is 6.42. The van der Waals surface area contributed by atoms with Crippen molar-refractivity contribution in [2.75, 3.05) is 0 Å². The van der Waals surface area contributed by atoms with Gasteiger partial charge in [0.25, 0.3) is 0 Å². The van der Waals surface area contributed by atoms with Crippen LogP contribution in [0.5, 0.6) is 0 Å². The molecule has 0 saturated heterocycles. The van der Waals surface area contributed by atoms with Crippen LogP contribution in [0.2, 0.25) is 0 Å². The molecule has 0 radical (unpaired) electrons. The summed E-state index contributed by atoms with van der Waals surface area (Å²) in [6.07, 6.45) is 0.260. The zero-order valence-electron chi connectivity index (χ0n) is 15.7. The minimum Gasteiger partial charge on any atom is -0.402 e. The molecule has 3 nitrogen and oxygen atoms in total. The lowest BCUT2D eigenvalue weighted by Gasteiger charge is -2.41. The average Bonchev–Trinajstić information content (AvgIpc) is 2.70. The fourth-order valence-electron chi connectivity index (χ4n) is 3.76. The summed E-state index contributed by atoms with van der Waals surface area (Å²) in [6, 6.07) is 16.9. The van der Waals surface area contributed by atoms with Gasteiger partial charge >= 0.3 is 7.32 Å². The first-order chi connectivity index (χ1) is 13.9. The summed E-state index contributed by atoms with van der Waals surface area (Å²) in [7, 11) is -2.12. The summed E-state index contributed by atoms with van der Waals surface area (Å²) < 4.78 is 46.3. The van der Waals surface area contributed by atoms with E-state index in [1.165, 1.54) is 48.5 Å². The Hall–Kier alpha value is -2.61. The smallest absolute Gasteiger partial charge is 0.402 e. The van der Waals surface area contributed by atoms with E-state index >= 15 is 0 Å². The van der Waals surface area contributed by atoms with Crippen LogP contribution in [0.4, 0.5) is 13.2 Å². The van der Waals surface area contributed by atoms with Crippen LogP contribution < -0.4 is 0 Å². The van der Waals surface area contributed by atoms with Crippen LogP contribution in [0, 0.1) is 17.5 Å². The molecule has 0 spiro atoms. The van der Waals surface area contributed by atoms with Crippen LogP contribution in [0.3, 0.4) is 0 Å². The van der Waals surface area contributed by atoms with Gasteiger partial charge in [-0.1, -0.05) is 43.3 Å². The average molecular weight is 400 g/mol. The summed E-state index contributed by atoms with van der Waals surface area (Å²) in [4.78, 5) is 0. The second kappa shape index (κ2) is 8.82. The zero-order chi connectivity index (χ0) is 21.0. The largest absolute Gasteiger partial charge is 0.634 e. The molecule has 7 heteroatoms. The monoisotopic (exact) mass is 400 g/mol. The van der Waals surface area contributed by atoms with Gasteiger partial charge in [0.15, 0.2) is 0 Å². The van der Waals surface area contributed by atoms with Gasteiger partial charge in [-0.15, -0.1) is 0 Å².